The van der Waals surface area contributed by atoms with Crippen LogP contribution >= 0.6 is 11.6 Å². The number of pyridine rings is 1. The quantitative estimate of drug-likeness (QED) is 0.141. The summed E-state index contributed by atoms with van der Waals surface area (Å²) in [6, 6.07) is 11.3. The van der Waals surface area contributed by atoms with Crippen molar-refractivity contribution in [1.29, 1.82) is 0 Å². The average Bonchev–Trinajstić information content (AvgIpc) is 4.08. The van der Waals surface area contributed by atoms with Gasteiger partial charge in [-0.3, -0.25) is 24.4 Å². The molecule has 2 unspecified atom stereocenters. The Hall–Kier alpha value is -5.35. The van der Waals surface area contributed by atoms with E-state index in [-0.39, 0.29) is 29.2 Å². The van der Waals surface area contributed by atoms with Gasteiger partial charge in [-0.25, -0.2) is 13.8 Å². The van der Waals surface area contributed by atoms with Crippen molar-refractivity contribution < 1.29 is 23.1 Å². The topological polar surface area (TPSA) is 152 Å². The van der Waals surface area contributed by atoms with Crippen molar-refractivity contribution in [3.63, 3.8) is 0 Å². The van der Waals surface area contributed by atoms with Crippen LogP contribution in [0.1, 0.15) is 81.4 Å². The highest BCUT2D eigenvalue weighted by atomic mass is 35.5. The monoisotopic (exact) mass is 868 g/mol. The summed E-state index contributed by atoms with van der Waals surface area (Å²) in [6.45, 7) is 5.18. The van der Waals surface area contributed by atoms with Crippen LogP contribution in [0.25, 0.3) is 21.8 Å². The summed E-state index contributed by atoms with van der Waals surface area (Å²) in [6.07, 6.45) is 7.97. The van der Waals surface area contributed by atoms with Crippen molar-refractivity contribution in [3.05, 3.63) is 69.2 Å². The first-order valence-corrected chi connectivity index (χ1v) is 22.2. The summed E-state index contributed by atoms with van der Waals surface area (Å²) in [5.74, 6) is -2.33. The fourth-order valence-corrected chi connectivity index (χ4v) is 10.4. The minimum absolute atomic E-state index is 0.104. The molecule has 4 aliphatic heterocycles. The van der Waals surface area contributed by atoms with Crippen LogP contribution in [0.2, 0.25) is 5.02 Å². The van der Waals surface area contributed by atoms with Gasteiger partial charge in [0.2, 0.25) is 23.5 Å². The molecular weight excluding hydrogens is 818 g/mol. The van der Waals surface area contributed by atoms with Gasteiger partial charge in [0.1, 0.15) is 5.02 Å². The molecule has 14 nitrogen and oxygen atoms in total. The van der Waals surface area contributed by atoms with E-state index >= 15 is 8.78 Å². The molecule has 10 rings (SSSR count). The summed E-state index contributed by atoms with van der Waals surface area (Å²) in [4.78, 5) is 51.9. The maximum absolute atomic E-state index is 15.2. The van der Waals surface area contributed by atoms with E-state index in [1.807, 2.05) is 23.9 Å². The number of aryl methyl sites for hydroxylation is 2. The van der Waals surface area contributed by atoms with Gasteiger partial charge in [-0.05, 0) is 113 Å². The Balaban J connectivity index is 0.776. The lowest BCUT2D eigenvalue weighted by molar-refractivity contribution is -0.134. The van der Waals surface area contributed by atoms with Crippen LogP contribution in [-0.2, 0) is 23.7 Å². The molecular formula is C45H51ClF2N10O4. The predicted molar refractivity (Wildman–Crippen MR) is 234 cm³/mol. The zero-order chi connectivity index (χ0) is 43.0. The third-order valence-corrected chi connectivity index (χ3v) is 14.4. The number of carbonyl (C=O) groups is 2. The SMILES string of the molecule is C[C@@H](C1CCN(c2ncc(Cl)c(Nc3ccc4c(c3)c3c(c(=O)n4C)OCC(F)(F)C(C4CC4)N3)n2)CC1)N1CCC(c2ccc3c(C4CCC(=O)NC4=O)nn(C)c3c2)CC1. The van der Waals surface area contributed by atoms with E-state index in [9.17, 15) is 14.4 Å². The number of hydrogen-bond donors (Lipinski definition) is 3. The zero-order valence-electron chi connectivity index (χ0n) is 35.1. The number of fused-ring (bicyclic) bond motifs is 4. The number of piperidine rings is 3. The van der Waals surface area contributed by atoms with Crippen LogP contribution in [0.15, 0.2) is 47.4 Å². The summed E-state index contributed by atoms with van der Waals surface area (Å²) < 4.78 is 39.2. The van der Waals surface area contributed by atoms with Crippen LogP contribution in [-0.4, -0.2) is 91.8 Å². The van der Waals surface area contributed by atoms with E-state index in [1.54, 1.807) is 19.3 Å². The van der Waals surface area contributed by atoms with E-state index in [0.717, 1.165) is 68.5 Å². The van der Waals surface area contributed by atoms with E-state index in [4.69, 9.17) is 26.4 Å². The Morgan fingerprint density at radius 2 is 1.71 bits per heavy atom. The maximum atomic E-state index is 15.2. The van der Waals surface area contributed by atoms with Gasteiger partial charge in [0.05, 0.1) is 40.6 Å². The van der Waals surface area contributed by atoms with Crippen molar-refractivity contribution in [2.24, 2.45) is 25.9 Å². The van der Waals surface area contributed by atoms with Crippen LogP contribution < -0.4 is 31.1 Å². The van der Waals surface area contributed by atoms with E-state index in [1.165, 1.54) is 10.1 Å². The second kappa shape index (κ2) is 15.8. The number of nitrogens with zero attached hydrogens (tertiary/aromatic N) is 7. The third kappa shape index (κ3) is 7.41. The normalized spacial score (nSPS) is 23.1. The molecule has 326 valence electrons. The number of amides is 2. The molecule has 3 N–H and O–H groups in total. The number of halogens is 3. The van der Waals surface area contributed by atoms with Crippen LogP contribution in [0.3, 0.4) is 0 Å². The highest BCUT2D eigenvalue weighted by molar-refractivity contribution is 6.33. The van der Waals surface area contributed by atoms with Crippen LogP contribution in [0.4, 0.5) is 31.9 Å². The molecule has 0 spiro atoms. The highest BCUT2D eigenvalue weighted by Gasteiger charge is 2.51. The summed E-state index contributed by atoms with van der Waals surface area (Å²) in [5.41, 5.74) is 4.07. The number of anilines is 4. The van der Waals surface area contributed by atoms with Gasteiger partial charge in [-0.1, -0.05) is 23.7 Å². The van der Waals surface area contributed by atoms with Crippen molar-refractivity contribution in [2.75, 3.05) is 48.3 Å². The molecule has 17 heteroatoms. The van der Waals surface area contributed by atoms with Crippen LogP contribution in [0, 0.1) is 11.8 Å². The Kier molecular flexibility index (Phi) is 10.4. The van der Waals surface area contributed by atoms with E-state index in [2.05, 4.69) is 55.9 Å². The van der Waals surface area contributed by atoms with Crippen molar-refractivity contribution in [1.82, 2.24) is 34.5 Å². The second-order valence-electron chi connectivity index (χ2n) is 18.0. The summed E-state index contributed by atoms with van der Waals surface area (Å²) in [7, 11) is 3.53. The first-order chi connectivity index (χ1) is 29.8. The number of likely N-dealkylation sites (tertiary alicyclic amines) is 1. The number of nitrogens with one attached hydrogen (secondary N) is 3. The molecule has 3 atom stereocenters. The second-order valence-corrected chi connectivity index (χ2v) is 18.4. The minimum atomic E-state index is -3.13. The standard InChI is InChI=1S/C45H51ClF2N10O4/c1-24(57-16-14-26(15-17-57)28-6-8-30-35(20-28)56(3)54-37(30)31-9-11-36(59)51-42(31)60)25-12-18-58(19-13-25)44-49-22-33(46)41(53-44)50-29-7-10-34-32(21-29)38-39(43(61)55(34)2)62-23-45(47,48)40(52-38)27-4-5-27/h6-8,10,20-22,24-27,31,40,52H,4-5,9,11-19,23H2,1-3H3,(H,49,50,53)(H,51,59,60)/t24-,31?,40?/m0/s1. The van der Waals surface area contributed by atoms with E-state index < -0.39 is 30.0 Å². The Labute approximate surface area is 362 Å². The fraction of sp³-hybridized carbons (Fsp3) is 0.511. The largest absolute Gasteiger partial charge is 0.480 e. The molecule has 5 aliphatic rings. The van der Waals surface area contributed by atoms with Crippen LogP contribution in [0.5, 0.6) is 5.75 Å². The molecule has 2 amide bonds. The molecule has 1 saturated carbocycles. The molecule has 4 fully saturated rings. The zero-order valence-corrected chi connectivity index (χ0v) is 35.9. The Bertz CT molecular complexity index is 2650. The summed E-state index contributed by atoms with van der Waals surface area (Å²) >= 11 is 6.65. The van der Waals surface area contributed by atoms with Gasteiger partial charge in [0, 0.05) is 56.1 Å². The number of alkyl halides is 2. The van der Waals surface area contributed by atoms with Gasteiger partial charge >= 0.3 is 5.92 Å². The first kappa shape index (κ1) is 40.7. The molecule has 3 aromatic heterocycles. The lowest BCUT2D eigenvalue weighted by Crippen LogP contribution is -2.47. The molecule has 5 aromatic rings. The van der Waals surface area contributed by atoms with E-state index in [0.29, 0.717) is 76.9 Å². The highest BCUT2D eigenvalue weighted by Crippen LogP contribution is 2.46. The molecule has 7 heterocycles. The molecule has 62 heavy (non-hydrogen) atoms. The Morgan fingerprint density at radius 1 is 0.935 bits per heavy atom. The van der Waals surface area contributed by atoms with Gasteiger partial charge in [-0.15, -0.1) is 0 Å². The Morgan fingerprint density at radius 3 is 2.45 bits per heavy atom. The summed E-state index contributed by atoms with van der Waals surface area (Å²) in [5, 5.41) is 15.5. The number of hydrogen-bond acceptors (Lipinski definition) is 11. The van der Waals surface area contributed by atoms with Crippen molar-refractivity contribution in [2.45, 2.75) is 88.1 Å². The van der Waals surface area contributed by atoms with Gasteiger partial charge < -0.3 is 29.7 Å². The van der Waals surface area contributed by atoms with Crippen molar-refractivity contribution in [3.8, 4) is 5.75 Å². The smallest absolute Gasteiger partial charge is 0.301 e. The van der Waals surface area contributed by atoms with Gasteiger partial charge in [0.25, 0.3) is 5.56 Å². The number of imide groups is 1. The van der Waals surface area contributed by atoms with Gasteiger partial charge in [-0.2, -0.15) is 10.1 Å². The number of carbonyl (C=O) groups excluding carboxylic acids is 2. The lowest BCUT2D eigenvalue weighted by Gasteiger charge is -2.42. The lowest BCUT2D eigenvalue weighted by atomic mass is 9.85. The minimum Gasteiger partial charge on any atom is -0.480 e. The van der Waals surface area contributed by atoms with Gasteiger partial charge in [0.15, 0.2) is 12.4 Å². The number of rotatable bonds is 8. The molecule has 0 radical (unpaired) electrons. The molecule has 3 saturated heterocycles. The van der Waals surface area contributed by atoms with Crippen molar-refractivity contribution >= 4 is 68.4 Å². The average molecular weight is 869 g/mol. The third-order valence-electron chi connectivity index (χ3n) is 14.2. The number of benzene rings is 2. The first-order valence-electron chi connectivity index (χ1n) is 21.9. The molecule has 1 aliphatic carbocycles. The number of ether oxygens (including phenoxy) is 1. The maximum Gasteiger partial charge on any atom is 0.301 e. The number of aromatic nitrogens is 5. The predicted octanol–water partition coefficient (Wildman–Crippen LogP) is 6.84. The molecule has 2 aromatic carbocycles. The fourth-order valence-electron chi connectivity index (χ4n) is 10.3. The molecule has 0 bridgehead atoms.